The molecule has 0 bridgehead atoms. The zero-order valence-electron chi connectivity index (χ0n) is 9.41. The highest BCUT2D eigenvalue weighted by molar-refractivity contribution is 6.30. The van der Waals surface area contributed by atoms with E-state index >= 15 is 0 Å². The minimum absolute atomic E-state index is 0.0442. The lowest BCUT2D eigenvalue weighted by atomic mass is 10.0. The van der Waals surface area contributed by atoms with Gasteiger partial charge in [-0.3, -0.25) is 0 Å². The molecule has 0 saturated heterocycles. The predicted molar refractivity (Wildman–Crippen MR) is 62.2 cm³/mol. The fourth-order valence-electron chi connectivity index (χ4n) is 1.52. The average Bonchev–Trinajstić information content (AvgIpc) is 2.24. The van der Waals surface area contributed by atoms with Gasteiger partial charge in [0, 0.05) is 13.5 Å². The quantitative estimate of drug-likeness (QED) is 0.866. The summed E-state index contributed by atoms with van der Waals surface area (Å²) < 4.78 is 18.5. The topological polar surface area (TPSA) is 29.5 Å². The summed E-state index contributed by atoms with van der Waals surface area (Å²) in [7, 11) is 1.58. The standard InChI is InChI=1S/C12H16ClFO2/c1-8(16-2)6-10(15)7-9-4-3-5-11(13)12(9)14/h3-5,8,10,15H,6-7H2,1-2H3. The molecule has 0 aliphatic carbocycles. The first-order valence-corrected chi connectivity index (χ1v) is 5.56. The summed E-state index contributed by atoms with van der Waals surface area (Å²) in [5.41, 5.74) is 0.434. The molecule has 1 aromatic rings. The van der Waals surface area contributed by atoms with Gasteiger partial charge < -0.3 is 9.84 Å². The van der Waals surface area contributed by atoms with E-state index in [1.54, 1.807) is 19.2 Å². The third-order valence-corrected chi connectivity index (χ3v) is 2.79. The maximum absolute atomic E-state index is 13.5. The van der Waals surface area contributed by atoms with Gasteiger partial charge in [-0.2, -0.15) is 0 Å². The maximum atomic E-state index is 13.5. The summed E-state index contributed by atoms with van der Waals surface area (Å²) in [6.45, 7) is 1.86. The van der Waals surface area contributed by atoms with Crippen molar-refractivity contribution in [3.8, 4) is 0 Å². The Balaban J connectivity index is 2.62. The van der Waals surface area contributed by atoms with Crippen LogP contribution in [0.4, 0.5) is 4.39 Å². The molecule has 2 atom stereocenters. The molecule has 0 spiro atoms. The Morgan fingerprint density at radius 1 is 1.50 bits per heavy atom. The predicted octanol–water partition coefficient (Wildman–Crippen LogP) is 2.81. The molecule has 1 aromatic carbocycles. The lowest BCUT2D eigenvalue weighted by Crippen LogP contribution is -2.19. The van der Waals surface area contributed by atoms with Crippen molar-refractivity contribution in [3.63, 3.8) is 0 Å². The number of aliphatic hydroxyl groups excluding tert-OH is 1. The first kappa shape index (κ1) is 13.4. The molecule has 4 heteroatoms. The molecular formula is C12H16ClFO2. The van der Waals surface area contributed by atoms with Crippen LogP contribution in [0.1, 0.15) is 18.9 Å². The normalized spacial score (nSPS) is 14.8. The van der Waals surface area contributed by atoms with Crippen molar-refractivity contribution in [2.45, 2.75) is 32.0 Å². The van der Waals surface area contributed by atoms with Gasteiger partial charge in [0.1, 0.15) is 5.82 Å². The Labute approximate surface area is 100.0 Å². The lowest BCUT2D eigenvalue weighted by Gasteiger charge is -2.15. The number of rotatable bonds is 5. The smallest absolute Gasteiger partial charge is 0.145 e. The van der Waals surface area contributed by atoms with Crippen LogP contribution in [0.3, 0.4) is 0 Å². The van der Waals surface area contributed by atoms with Gasteiger partial charge in [-0.15, -0.1) is 0 Å². The average molecular weight is 247 g/mol. The molecule has 0 amide bonds. The molecule has 0 aliphatic heterocycles. The molecule has 1 rings (SSSR count). The van der Waals surface area contributed by atoms with Crippen LogP contribution in [0.25, 0.3) is 0 Å². The molecule has 2 unspecified atom stereocenters. The summed E-state index contributed by atoms with van der Waals surface area (Å²) in [5.74, 6) is -0.451. The molecular weight excluding hydrogens is 231 g/mol. The van der Waals surface area contributed by atoms with Crippen molar-refractivity contribution in [1.82, 2.24) is 0 Å². The van der Waals surface area contributed by atoms with Crippen LogP contribution in [0.5, 0.6) is 0 Å². The van der Waals surface area contributed by atoms with Gasteiger partial charge in [-0.1, -0.05) is 23.7 Å². The number of hydrogen-bond donors (Lipinski definition) is 1. The molecule has 16 heavy (non-hydrogen) atoms. The maximum Gasteiger partial charge on any atom is 0.145 e. The van der Waals surface area contributed by atoms with Crippen molar-refractivity contribution in [2.75, 3.05) is 7.11 Å². The first-order valence-electron chi connectivity index (χ1n) is 5.18. The molecule has 0 heterocycles. The second kappa shape index (κ2) is 6.18. The van der Waals surface area contributed by atoms with Crippen molar-refractivity contribution >= 4 is 11.6 Å². The van der Waals surface area contributed by atoms with Crippen LogP contribution >= 0.6 is 11.6 Å². The van der Waals surface area contributed by atoms with Crippen molar-refractivity contribution in [2.24, 2.45) is 0 Å². The van der Waals surface area contributed by atoms with Crippen molar-refractivity contribution in [3.05, 3.63) is 34.6 Å². The Hall–Kier alpha value is -0.640. The van der Waals surface area contributed by atoms with E-state index in [2.05, 4.69) is 0 Å². The largest absolute Gasteiger partial charge is 0.393 e. The molecule has 1 N–H and O–H groups in total. The number of halogens is 2. The molecule has 0 saturated carbocycles. The summed E-state index contributed by atoms with van der Waals surface area (Å²) in [4.78, 5) is 0. The van der Waals surface area contributed by atoms with E-state index in [4.69, 9.17) is 16.3 Å². The summed E-state index contributed by atoms with van der Waals surface area (Å²) >= 11 is 5.65. The van der Waals surface area contributed by atoms with Gasteiger partial charge in [-0.05, 0) is 25.0 Å². The minimum Gasteiger partial charge on any atom is -0.393 e. The summed E-state index contributed by atoms with van der Waals surface area (Å²) in [5, 5.41) is 9.82. The third kappa shape index (κ3) is 3.74. The zero-order chi connectivity index (χ0) is 12.1. The highest BCUT2D eigenvalue weighted by Gasteiger charge is 2.14. The number of hydrogen-bond acceptors (Lipinski definition) is 2. The Bertz CT molecular complexity index is 344. The summed E-state index contributed by atoms with van der Waals surface area (Å²) in [6, 6.07) is 4.79. The molecule has 0 radical (unpaired) electrons. The highest BCUT2D eigenvalue weighted by Crippen LogP contribution is 2.20. The van der Waals surface area contributed by atoms with Gasteiger partial charge in [0.15, 0.2) is 0 Å². The van der Waals surface area contributed by atoms with E-state index < -0.39 is 11.9 Å². The van der Waals surface area contributed by atoms with Crippen molar-refractivity contribution < 1.29 is 14.2 Å². The molecule has 90 valence electrons. The van der Waals surface area contributed by atoms with Crippen LogP contribution < -0.4 is 0 Å². The van der Waals surface area contributed by atoms with Crippen LogP contribution in [-0.4, -0.2) is 24.4 Å². The highest BCUT2D eigenvalue weighted by atomic mass is 35.5. The minimum atomic E-state index is -0.622. The Morgan fingerprint density at radius 2 is 2.19 bits per heavy atom. The third-order valence-electron chi connectivity index (χ3n) is 2.49. The molecule has 0 fully saturated rings. The fraction of sp³-hybridized carbons (Fsp3) is 0.500. The molecule has 0 aliphatic rings. The zero-order valence-corrected chi connectivity index (χ0v) is 10.2. The van der Waals surface area contributed by atoms with Gasteiger partial charge in [0.05, 0.1) is 17.2 Å². The van der Waals surface area contributed by atoms with Gasteiger partial charge in [0.25, 0.3) is 0 Å². The second-order valence-electron chi connectivity index (χ2n) is 3.85. The SMILES string of the molecule is COC(C)CC(O)Cc1cccc(Cl)c1F. The Morgan fingerprint density at radius 3 is 2.81 bits per heavy atom. The van der Waals surface area contributed by atoms with E-state index in [0.29, 0.717) is 12.0 Å². The van der Waals surface area contributed by atoms with E-state index in [0.717, 1.165) is 0 Å². The summed E-state index contributed by atoms with van der Waals surface area (Å²) in [6.07, 6.45) is 0.0582. The number of benzene rings is 1. The number of aliphatic hydroxyl groups is 1. The van der Waals surface area contributed by atoms with E-state index in [1.165, 1.54) is 6.07 Å². The fourth-order valence-corrected chi connectivity index (χ4v) is 1.72. The van der Waals surface area contributed by atoms with Crippen LogP contribution in [0.15, 0.2) is 18.2 Å². The van der Waals surface area contributed by atoms with E-state index in [-0.39, 0.29) is 17.5 Å². The van der Waals surface area contributed by atoms with Crippen LogP contribution in [0.2, 0.25) is 5.02 Å². The molecule has 0 aromatic heterocycles. The monoisotopic (exact) mass is 246 g/mol. The first-order chi connectivity index (χ1) is 7.54. The number of ether oxygens (including phenoxy) is 1. The van der Waals surface area contributed by atoms with Gasteiger partial charge >= 0.3 is 0 Å². The Kier molecular flexibility index (Phi) is 5.19. The van der Waals surface area contributed by atoms with Gasteiger partial charge in [-0.25, -0.2) is 4.39 Å². The van der Waals surface area contributed by atoms with Crippen LogP contribution in [-0.2, 0) is 11.2 Å². The van der Waals surface area contributed by atoms with Crippen LogP contribution in [0, 0.1) is 5.82 Å². The van der Waals surface area contributed by atoms with E-state index in [1.807, 2.05) is 6.92 Å². The number of methoxy groups -OCH3 is 1. The lowest BCUT2D eigenvalue weighted by molar-refractivity contribution is 0.0562. The molecule has 2 nitrogen and oxygen atoms in total. The van der Waals surface area contributed by atoms with Crippen molar-refractivity contribution in [1.29, 1.82) is 0 Å². The van der Waals surface area contributed by atoms with Gasteiger partial charge in [0.2, 0.25) is 0 Å². The second-order valence-corrected chi connectivity index (χ2v) is 4.26. The van der Waals surface area contributed by atoms with E-state index in [9.17, 15) is 9.50 Å².